The van der Waals surface area contributed by atoms with Gasteiger partial charge in [0.15, 0.2) is 0 Å². The average molecular weight is 385 g/mol. The number of halogens is 1. The number of amides is 1. The second-order valence-electron chi connectivity index (χ2n) is 6.24. The molecule has 0 bridgehead atoms. The van der Waals surface area contributed by atoms with Crippen LogP contribution < -0.4 is 16.2 Å². The number of nitrogens with one attached hydrogen (secondary N) is 2. The van der Waals surface area contributed by atoms with Crippen LogP contribution in [0.15, 0.2) is 4.79 Å². The molecule has 2 N–H and O–H groups in total. The molecule has 8 heteroatoms. The smallest absolute Gasteiger partial charge is 0.262 e. The minimum absolute atomic E-state index is 0. The van der Waals surface area contributed by atoms with Crippen LogP contribution in [0.5, 0.6) is 0 Å². The number of rotatable bonds is 5. The fourth-order valence-corrected chi connectivity index (χ4v) is 4.28. The Morgan fingerprint density at radius 3 is 2.84 bits per heavy atom. The lowest BCUT2D eigenvalue weighted by molar-refractivity contribution is 0.0957. The van der Waals surface area contributed by atoms with Crippen molar-refractivity contribution in [2.75, 3.05) is 20.1 Å². The maximum atomic E-state index is 12.9. The lowest BCUT2D eigenvalue weighted by Crippen LogP contribution is -2.26. The number of hydrogen-bond donors (Lipinski definition) is 2. The first-order valence-corrected chi connectivity index (χ1v) is 9.40. The van der Waals surface area contributed by atoms with E-state index in [4.69, 9.17) is 4.98 Å². The third-order valence-corrected chi connectivity index (χ3v) is 5.69. The number of aromatic nitrogens is 2. The third-order valence-electron chi connectivity index (χ3n) is 4.51. The highest BCUT2D eigenvalue weighted by atomic mass is 35.5. The van der Waals surface area contributed by atoms with Gasteiger partial charge in [0.25, 0.3) is 11.5 Å². The van der Waals surface area contributed by atoms with Gasteiger partial charge in [0.2, 0.25) is 0 Å². The molecule has 1 aliphatic heterocycles. The molecular weight excluding hydrogens is 360 g/mol. The molecule has 2 aromatic heterocycles. The van der Waals surface area contributed by atoms with Crippen LogP contribution in [0.25, 0.3) is 10.2 Å². The van der Waals surface area contributed by atoms with Crippen LogP contribution in [0.2, 0.25) is 0 Å². The van der Waals surface area contributed by atoms with E-state index in [0.29, 0.717) is 21.6 Å². The first-order chi connectivity index (χ1) is 11.6. The van der Waals surface area contributed by atoms with Gasteiger partial charge >= 0.3 is 0 Å². The first-order valence-electron chi connectivity index (χ1n) is 8.59. The largest absolute Gasteiger partial charge is 0.351 e. The van der Waals surface area contributed by atoms with E-state index in [-0.39, 0.29) is 23.9 Å². The second-order valence-corrected chi connectivity index (χ2v) is 7.24. The SMILES string of the molecule is CNCCCNC(=O)c1sc2nc3n(c(=O)c2c1C)CCCCC3.Cl. The predicted octanol–water partition coefficient (Wildman–Crippen LogP) is 2.25. The number of hydrogen-bond acceptors (Lipinski definition) is 5. The summed E-state index contributed by atoms with van der Waals surface area (Å²) in [6, 6.07) is 0. The van der Waals surface area contributed by atoms with E-state index in [0.717, 1.165) is 56.6 Å². The zero-order valence-electron chi connectivity index (χ0n) is 14.7. The quantitative estimate of drug-likeness (QED) is 0.775. The number of nitrogens with zero attached hydrogens (tertiary/aromatic N) is 2. The van der Waals surface area contributed by atoms with Gasteiger partial charge in [0.1, 0.15) is 10.7 Å². The predicted molar refractivity (Wildman–Crippen MR) is 104 cm³/mol. The average Bonchev–Trinajstić information content (AvgIpc) is 2.74. The third kappa shape index (κ3) is 4.04. The van der Waals surface area contributed by atoms with Gasteiger partial charge in [-0.15, -0.1) is 23.7 Å². The summed E-state index contributed by atoms with van der Waals surface area (Å²) in [6.45, 7) is 4.07. The number of aryl methyl sites for hydroxylation is 2. The van der Waals surface area contributed by atoms with Crippen molar-refractivity contribution < 1.29 is 4.79 Å². The summed E-state index contributed by atoms with van der Waals surface area (Å²) in [5.41, 5.74) is 0.776. The Labute approximate surface area is 157 Å². The maximum absolute atomic E-state index is 12.9. The van der Waals surface area contributed by atoms with Gasteiger partial charge in [-0.3, -0.25) is 14.2 Å². The summed E-state index contributed by atoms with van der Waals surface area (Å²) in [5.74, 6) is 0.762. The molecule has 0 spiro atoms. The summed E-state index contributed by atoms with van der Waals surface area (Å²) in [6.07, 6.45) is 4.94. The lowest BCUT2D eigenvalue weighted by Gasteiger charge is -2.08. The number of carbonyl (C=O) groups excluding carboxylic acids is 1. The zero-order chi connectivity index (χ0) is 17.1. The Kier molecular flexibility index (Phi) is 6.98. The molecule has 0 aliphatic carbocycles. The van der Waals surface area contributed by atoms with Crippen molar-refractivity contribution in [2.45, 2.75) is 45.6 Å². The second kappa shape index (κ2) is 8.78. The fraction of sp³-hybridized carbons (Fsp3) is 0.588. The van der Waals surface area contributed by atoms with Crippen LogP contribution in [0.4, 0.5) is 0 Å². The van der Waals surface area contributed by atoms with Crippen molar-refractivity contribution in [1.29, 1.82) is 0 Å². The standard InChI is InChI=1S/C17H24N4O2S.ClH/c1-11-13-16(24-14(11)15(22)19-9-6-8-18-2)20-12-7-4-3-5-10-21(12)17(13)23;/h18H,3-10H2,1-2H3,(H,19,22);1H. The van der Waals surface area contributed by atoms with Crippen LogP contribution in [-0.2, 0) is 13.0 Å². The summed E-state index contributed by atoms with van der Waals surface area (Å²) in [7, 11) is 1.89. The monoisotopic (exact) mass is 384 g/mol. The van der Waals surface area contributed by atoms with Gasteiger partial charge in [-0.2, -0.15) is 0 Å². The van der Waals surface area contributed by atoms with Crippen molar-refractivity contribution in [3.05, 3.63) is 26.6 Å². The van der Waals surface area contributed by atoms with Crippen molar-refractivity contribution in [3.8, 4) is 0 Å². The summed E-state index contributed by atoms with van der Waals surface area (Å²) in [4.78, 5) is 31.3. The number of thiophene rings is 1. The Morgan fingerprint density at radius 1 is 1.28 bits per heavy atom. The van der Waals surface area contributed by atoms with Gasteiger partial charge in [-0.1, -0.05) is 6.42 Å². The highest BCUT2D eigenvalue weighted by Crippen LogP contribution is 2.28. The molecule has 0 atom stereocenters. The molecule has 0 saturated heterocycles. The van der Waals surface area contributed by atoms with Gasteiger partial charge in [0.05, 0.1) is 10.3 Å². The highest BCUT2D eigenvalue weighted by Gasteiger charge is 2.21. The molecule has 0 radical (unpaired) electrons. The molecular formula is C17H25ClN4O2S. The summed E-state index contributed by atoms with van der Waals surface area (Å²) >= 11 is 1.34. The number of fused-ring (bicyclic) bond motifs is 2. The van der Waals surface area contributed by atoms with Crippen LogP contribution >= 0.6 is 23.7 Å². The van der Waals surface area contributed by atoms with E-state index in [9.17, 15) is 9.59 Å². The van der Waals surface area contributed by atoms with Crippen molar-refractivity contribution >= 4 is 39.9 Å². The van der Waals surface area contributed by atoms with E-state index < -0.39 is 0 Å². The maximum Gasteiger partial charge on any atom is 0.262 e. The minimum Gasteiger partial charge on any atom is -0.351 e. The lowest BCUT2D eigenvalue weighted by atomic mass is 10.2. The number of carbonyl (C=O) groups is 1. The fourth-order valence-electron chi connectivity index (χ4n) is 3.17. The molecule has 1 aliphatic rings. The Morgan fingerprint density at radius 2 is 2.08 bits per heavy atom. The minimum atomic E-state index is -0.105. The first kappa shape index (κ1) is 19.9. The van der Waals surface area contributed by atoms with Crippen molar-refractivity contribution in [1.82, 2.24) is 20.2 Å². The molecule has 25 heavy (non-hydrogen) atoms. The Hall–Kier alpha value is -1.44. The summed E-state index contributed by atoms with van der Waals surface area (Å²) in [5, 5.41) is 6.60. The van der Waals surface area contributed by atoms with E-state index in [2.05, 4.69) is 10.6 Å². The van der Waals surface area contributed by atoms with Crippen LogP contribution in [0.3, 0.4) is 0 Å². The normalized spacial score (nSPS) is 13.8. The topological polar surface area (TPSA) is 76.0 Å². The molecule has 6 nitrogen and oxygen atoms in total. The van der Waals surface area contributed by atoms with Crippen LogP contribution in [0.1, 0.15) is 46.7 Å². The molecule has 0 saturated carbocycles. The van der Waals surface area contributed by atoms with Gasteiger partial charge < -0.3 is 10.6 Å². The highest BCUT2D eigenvalue weighted by molar-refractivity contribution is 7.20. The molecule has 3 rings (SSSR count). The molecule has 0 unspecified atom stereocenters. The molecule has 1 amide bonds. The zero-order valence-corrected chi connectivity index (χ0v) is 16.3. The van der Waals surface area contributed by atoms with Gasteiger partial charge in [-0.25, -0.2) is 4.98 Å². The molecule has 3 heterocycles. The van der Waals surface area contributed by atoms with E-state index in [1.807, 2.05) is 18.5 Å². The summed E-state index contributed by atoms with van der Waals surface area (Å²) < 4.78 is 1.81. The van der Waals surface area contributed by atoms with E-state index >= 15 is 0 Å². The van der Waals surface area contributed by atoms with Crippen molar-refractivity contribution in [2.24, 2.45) is 0 Å². The molecule has 2 aromatic rings. The van der Waals surface area contributed by atoms with Crippen molar-refractivity contribution in [3.63, 3.8) is 0 Å². The van der Waals surface area contributed by atoms with Crippen LogP contribution in [0, 0.1) is 6.92 Å². The van der Waals surface area contributed by atoms with Gasteiger partial charge in [0, 0.05) is 19.5 Å². The van der Waals surface area contributed by atoms with Gasteiger partial charge in [-0.05, 0) is 45.3 Å². The Balaban J connectivity index is 0.00000225. The molecule has 0 aromatic carbocycles. The Bertz CT molecular complexity index is 815. The van der Waals surface area contributed by atoms with E-state index in [1.54, 1.807) is 0 Å². The molecule has 0 fully saturated rings. The van der Waals surface area contributed by atoms with Crippen LogP contribution in [-0.4, -0.2) is 35.6 Å². The molecule has 138 valence electrons. The van der Waals surface area contributed by atoms with E-state index in [1.165, 1.54) is 11.3 Å².